The molecule has 1 amide bonds. The fraction of sp³-hybridized carbons (Fsp3) is 0.500. The zero-order chi connectivity index (χ0) is 14.9. The van der Waals surface area contributed by atoms with Crippen molar-refractivity contribution in [1.82, 2.24) is 4.90 Å². The van der Waals surface area contributed by atoms with Gasteiger partial charge in [-0.05, 0) is 24.3 Å². The fourth-order valence-corrected chi connectivity index (χ4v) is 2.91. The summed E-state index contributed by atoms with van der Waals surface area (Å²) in [5.41, 5.74) is -0.370. The van der Waals surface area contributed by atoms with Crippen molar-refractivity contribution in [3.63, 3.8) is 0 Å². The molecule has 2 unspecified atom stereocenters. The Labute approximate surface area is 118 Å². The van der Waals surface area contributed by atoms with Crippen molar-refractivity contribution in [2.75, 3.05) is 13.1 Å². The molecule has 2 N–H and O–H groups in total. The van der Waals surface area contributed by atoms with Crippen LogP contribution in [-0.4, -0.2) is 41.1 Å². The zero-order valence-electron chi connectivity index (χ0n) is 11.7. The first kappa shape index (κ1) is 15.0. The van der Waals surface area contributed by atoms with Crippen LogP contribution in [0.4, 0.5) is 4.39 Å². The van der Waals surface area contributed by atoms with Gasteiger partial charge in [0.1, 0.15) is 5.82 Å². The van der Waals surface area contributed by atoms with Gasteiger partial charge in [-0.3, -0.25) is 4.79 Å². The molecule has 1 heterocycles. The predicted octanol–water partition coefficient (Wildman–Crippen LogP) is 0.624. The summed E-state index contributed by atoms with van der Waals surface area (Å²) in [7, 11) is -1.91. The molecule has 1 fully saturated rings. The third-order valence-electron chi connectivity index (χ3n) is 3.69. The summed E-state index contributed by atoms with van der Waals surface area (Å²) in [6.07, 6.45) is 1.06. The van der Waals surface area contributed by atoms with Crippen molar-refractivity contribution < 1.29 is 19.2 Å². The Morgan fingerprint density at radius 2 is 1.90 bits per heavy atom. The molecule has 1 aromatic carbocycles. The van der Waals surface area contributed by atoms with Gasteiger partial charge in [0, 0.05) is 18.6 Å². The number of hydrogen-bond donors (Lipinski definition) is 2. The summed E-state index contributed by atoms with van der Waals surface area (Å²) in [6, 6.07) is 4.10. The van der Waals surface area contributed by atoms with Crippen LogP contribution in [0.1, 0.15) is 30.6 Å². The number of benzene rings is 1. The molecule has 0 spiro atoms. The molecule has 1 aliphatic heterocycles. The summed E-state index contributed by atoms with van der Waals surface area (Å²) in [6.45, 7) is 5.35. The van der Waals surface area contributed by atoms with E-state index in [0.717, 1.165) is 6.42 Å². The van der Waals surface area contributed by atoms with Crippen LogP contribution in [0.25, 0.3) is 0 Å². The average molecular weight is 279 g/mol. The molecule has 2 rings (SSSR count). The number of amides is 1. The van der Waals surface area contributed by atoms with E-state index in [9.17, 15) is 9.18 Å². The monoisotopic (exact) mass is 279 g/mol. The Kier molecular flexibility index (Phi) is 4.45. The summed E-state index contributed by atoms with van der Waals surface area (Å²) < 4.78 is 14.2. The van der Waals surface area contributed by atoms with Crippen LogP contribution in [0, 0.1) is 17.7 Å². The number of carbonyl (C=O) groups is 1. The van der Waals surface area contributed by atoms with Gasteiger partial charge in [-0.2, -0.15) is 0 Å². The average Bonchev–Trinajstić information content (AvgIpc) is 2.36. The van der Waals surface area contributed by atoms with Crippen LogP contribution >= 0.6 is 0 Å². The molecule has 0 aromatic heterocycles. The molecule has 108 valence electrons. The number of halogens is 1. The predicted molar refractivity (Wildman–Crippen MR) is 75.1 cm³/mol. The first-order chi connectivity index (χ1) is 9.40. The van der Waals surface area contributed by atoms with E-state index in [1.54, 1.807) is 4.90 Å². The van der Waals surface area contributed by atoms with Crippen molar-refractivity contribution in [3.8, 4) is 0 Å². The van der Waals surface area contributed by atoms with Gasteiger partial charge in [-0.1, -0.05) is 26.0 Å². The molecule has 0 aliphatic carbocycles. The molecule has 0 bridgehead atoms. The molecule has 1 saturated heterocycles. The van der Waals surface area contributed by atoms with Gasteiger partial charge < -0.3 is 14.9 Å². The SMILES string of the molecule is CC1CC(C)CN(C(=O)c2cccc(B(O)O)c2F)C1. The third-order valence-corrected chi connectivity index (χ3v) is 3.69. The van der Waals surface area contributed by atoms with Crippen molar-refractivity contribution in [1.29, 1.82) is 0 Å². The highest BCUT2D eigenvalue weighted by Gasteiger charge is 2.29. The summed E-state index contributed by atoms with van der Waals surface area (Å²) in [5.74, 6) is -0.462. The van der Waals surface area contributed by atoms with Gasteiger partial charge in [-0.15, -0.1) is 0 Å². The molecule has 0 radical (unpaired) electrons. The Balaban J connectivity index is 2.27. The van der Waals surface area contributed by atoms with E-state index in [2.05, 4.69) is 13.8 Å². The number of piperidine rings is 1. The molecule has 6 heteroatoms. The number of carbonyl (C=O) groups excluding carboxylic acids is 1. The van der Waals surface area contributed by atoms with E-state index in [1.165, 1.54) is 18.2 Å². The van der Waals surface area contributed by atoms with E-state index in [4.69, 9.17) is 10.0 Å². The Bertz CT molecular complexity index is 499. The van der Waals surface area contributed by atoms with Crippen molar-refractivity contribution in [2.24, 2.45) is 11.8 Å². The molecule has 2 atom stereocenters. The van der Waals surface area contributed by atoms with Gasteiger partial charge in [-0.25, -0.2) is 4.39 Å². The Morgan fingerprint density at radius 3 is 2.45 bits per heavy atom. The molecule has 4 nitrogen and oxygen atoms in total. The number of rotatable bonds is 2. The molecule has 20 heavy (non-hydrogen) atoms. The minimum absolute atomic E-state index is 0.100. The number of likely N-dealkylation sites (tertiary alicyclic amines) is 1. The van der Waals surface area contributed by atoms with Gasteiger partial charge in [0.15, 0.2) is 0 Å². The molecular weight excluding hydrogens is 260 g/mol. The Hall–Kier alpha value is -1.40. The van der Waals surface area contributed by atoms with Crippen LogP contribution in [-0.2, 0) is 0 Å². The van der Waals surface area contributed by atoms with Crippen LogP contribution in [0.2, 0.25) is 0 Å². The highest BCUT2D eigenvalue weighted by molar-refractivity contribution is 6.58. The quantitative estimate of drug-likeness (QED) is 0.780. The largest absolute Gasteiger partial charge is 0.491 e. The lowest BCUT2D eigenvalue weighted by molar-refractivity contribution is 0.0618. The van der Waals surface area contributed by atoms with Gasteiger partial charge in [0.2, 0.25) is 0 Å². The van der Waals surface area contributed by atoms with Gasteiger partial charge >= 0.3 is 7.12 Å². The van der Waals surface area contributed by atoms with Crippen molar-refractivity contribution in [3.05, 3.63) is 29.6 Å². The van der Waals surface area contributed by atoms with Crippen molar-refractivity contribution >= 4 is 18.5 Å². The second-order valence-electron chi connectivity index (χ2n) is 5.74. The molecule has 0 saturated carbocycles. The lowest BCUT2D eigenvalue weighted by Crippen LogP contribution is -2.44. The minimum Gasteiger partial charge on any atom is -0.423 e. The topological polar surface area (TPSA) is 60.8 Å². The first-order valence-corrected chi connectivity index (χ1v) is 6.84. The standard InChI is InChI=1S/C14H19BFNO3/c1-9-6-10(2)8-17(7-9)14(18)11-4-3-5-12(13(11)16)15(19)20/h3-5,9-10,19-20H,6-8H2,1-2H3. The van der Waals surface area contributed by atoms with E-state index >= 15 is 0 Å². The highest BCUT2D eigenvalue weighted by atomic mass is 19.1. The van der Waals surface area contributed by atoms with E-state index in [1.807, 2.05) is 0 Å². The molecular formula is C14H19BFNO3. The van der Waals surface area contributed by atoms with Crippen molar-refractivity contribution in [2.45, 2.75) is 20.3 Å². The Morgan fingerprint density at radius 1 is 1.30 bits per heavy atom. The second-order valence-corrected chi connectivity index (χ2v) is 5.74. The summed E-state index contributed by atoms with van der Waals surface area (Å²) in [5, 5.41) is 18.2. The second kappa shape index (κ2) is 5.93. The maximum Gasteiger partial charge on any atom is 0.491 e. The summed E-state index contributed by atoms with van der Waals surface area (Å²) >= 11 is 0. The number of nitrogens with zero attached hydrogens (tertiary/aromatic N) is 1. The normalized spacial score (nSPS) is 22.8. The zero-order valence-corrected chi connectivity index (χ0v) is 11.7. The van der Waals surface area contributed by atoms with E-state index < -0.39 is 12.9 Å². The fourth-order valence-electron chi connectivity index (χ4n) is 2.91. The maximum atomic E-state index is 14.2. The first-order valence-electron chi connectivity index (χ1n) is 6.84. The van der Waals surface area contributed by atoms with Gasteiger partial charge in [0.25, 0.3) is 5.91 Å². The van der Waals surface area contributed by atoms with Gasteiger partial charge in [0.05, 0.1) is 5.56 Å². The lowest BCUT2D eigenvalue weighted by atomic mass is 9.79. The van der Waals surface area contributed by atoms with E-state index in [0.29, 0.717) is 24.9 Å². The van der Waals surface area contributed by atoms with Crippen LogP contribution in [0.3, 0.4) is 0 Å². The smallest absolute Gasteiger partial charge is 0.423 e. The molecule has 1 aliphatic rings. The van der Waals surface area contributed by atoms with Crippen LogP contribution in [0.15, 0.2) is 18.2 Å². The minimum atomic E-state index is -1.91. The summed E-state index contributed by atoms with van der Waals surface area (Å²) in [4.78, 5) is 14.1. The lowest BCUT2D eigenvalue weighted by Gasteiger charge is -2.35. The van der Waals surface area contributed by atoms with Crippen LogP contribution in [0.5, 0.6) is 0 Å². The number of hydrogen-bond acceptors (Lipinski definition) is 3. The maximum absolute atomic E-state index is 14.2. The van der Waals surface area contributed by atoms with Crippen LogP contribution < -0.4 is 5.46 Å². The third kappa shape index (κ3) is 3.02. The van der Waals surface area contributed by atoms with E-state index in [-0.39, 0.29) is 16.9 Å². The highest BCUT2D eigenvalue weighted by Crippen LogP contribution is 2.23. The molecule has 1 aromatic rings.